The second-order valence-corrected chi connectivity index (χ2v) is 6.82. The van der Waals surface area contributed by atoms with E-state index in [-0.39, 0.29) is 18.5 Å². The first-order valence-corrected chi connectivity index (χ1v) is 8.40. The van der Waals surface area contributed by atoms with Crippen molar-refractivity contribution in [2.24, 2.45) is 5.92 Å². The van der Waals surface area contributed by atoms with Crippen molar-refractivity contribution in [2.45, 2.75) is 38.5 Å². The van der Waals surface area contributed by atoms with Gasteiger partial charge in [0, 0.05) is 37.6 Å². The van der Waals surface area contributed by atoms with E-state index < -0.39 is 0 Å². The minimum atomic E-state index is 0.0278. The number of rotatable bonds is 5. The highest BCUT2D eigenvalue weighted by atomic mass is 16.5. The lowest BCUT2D eigenvalue weighted by Gasteiger charge is -2.36. The minimum Gasteiger partial charge on any atom is -0.375 e. The van der Waals surface area contributed by atoms with Gasteiger partial charge < -0.3 is 15.4 Å². The highest BCUT2D eigenvalue weighted by Gasteiger charge is 2.38. The summed E-state index contributed by atoms with van der Waals surface area (Å²) < 4.78 is 5.94. The van der Waals surface area contributed by atoms with E-state index in [0.717, 1.165) is 31.8 Å². The van der Waals surface area contributed by atoms with Crippen LogP contribution in [0.1, 0.15) is 20.3 Å². The monoisotopic (exact) mass is 318 g/mol. The fraction of sp³-hybridized carbons (Fsp3) is 0.647. The molecule has 1 aromatic rings. The Morgan fingerprint density at radius 1 is 1.48 bits per heavy atom. The summed E-state index contributed by atoms with van der Waals surface area (Å²) in [6.45, 7) is 7.36. The highest BCUT2D eigenvalue weighted by Crippen LogP contribution is 2.25. The maximum absolute atomic E-state index is 12.1. The molecular weight excluding hydrogens is 292 g/mol. The molecule has 2 aliphatic heterocycles. The molecule has 6 nitrogen and oxygen atoms in total. The van der Waals surface area contributed by atoms with Gasteiger partial charge in [-0.05, 0) is 24.5 Å². The van der Waals surface area contributed by atoms with Gasteiger partial charge >= 0.3 is 0 Å². The van der Waals surface area contributed by atoms with E-state index >= 15 is 0 Å². The van der Waals surface area contributed by atoms with E-state index in [4.69, 9.17) is 4.74 Å². The van der Waals surface area contributed by atoms with Crippen molar-refractivity contribution in [3.63, 3.8) is 0 Å². The van der Waals surface area contributed by atoms with Crippen molar-refractivity contribution in [3.05, 3.63) is 24.5 Å². The number of anilines is 1. The van der Waals surface area contributed by atoms with Crippen LogP contribution in [-0.2, 0) is 9.53 Å². The zero-order valence-electron chi connectivity index (χ0n) is 13.9. The summed E-state index contributed by atoms with van der Waals surface area (Å²) in [6, 6.07) is 4.42. The number of pyridine rings is 1. The molecule has 2 saturated heterocycles. The maximum atomic E-state index is 12.1. The van der Waals surface area contributed by atoms with Crippen molar-refractivity contribution in [2.75, 3.05) is 31.6 Å². The first-order chi connectivity index (χ1) is 11.1. The van der Waals surface area contributed by atoms with Crippen LogP contribution in [0.15, 0.2) is 24.5 Å². The molecule has 3 atom stereocenters. The molecule has 23 heavy (non-hydrogen) atoms. The van der Waals surface area contributed by atoms with Crippen LogP contribution in [0.5, 0.6) is 0 Å². The van der Waals surface area contributed by atoms with E-state index in [9.17, 15) is 4.79 Å². The number of nitrogens with one attached hydrogen (secondary N) is 2. The lowest BCUT2D eigenvalue weighted by molar-refractivity contribution is -0.120. The van der Waals surface area contributed by atoms with Gasteiger partial charge in [0.2, 0.25) is 5.91 Å². The molecule has 0 bridgehead atoms. The zero-order chi connectivity index (χ0) is 16.2. The Morgan fingerprint density at radius 2 is 2.35 bits per heavy atom. The summed E-state index contributed by atoms with van der Waals surface area (Å²) in [5.41, 5.74) is 0.861. The number of carbonyl (C=O) groups excluding carboxylic acids is 1. The zero-order valence-corrected chi connectivity index (χ0v) is 13.9. The Labute approximate surface area is 137 Å². The van der Waals surface area contributed by atoms with E-state index in [1.54, 1.807) is 12.4 Å². The number of hydrogen-bond donors (Lipinski definition) is 2. The number of carbonyl (C=O) groups is 1. The summed E-state index contributed by atoms with van der Waals surface area (Å²) >= 11 is 0. The molecule has 0 radical (unpaired) electrons. The average molecular weight is 318 g/mol. The lowest BCUT2D eigenvalue weighted by Crippen LogP contribution is -2.48. The topological polar surface area (TPSA) is 66.5 Å². The molecule has 0 unspecified atom stereocenters. The molecule has 2 fully saturated rings. The van der Waals surface area contributed by atoms with Gasteiger partial charge in [-0.2, -0.15) is 0 Å². The molecule has 1 aromatic heterocycles. The fourth-order valence-corrected chi connectivity index (χ4v) is 3.34. The molecule has 0 saturated carbocycles. The molecule has 3 rings (SSSR count). The van der Waals surface area contributed by atoms with E-state index in [1.165, 1.54) is 0 Å². The van der Waals surface area contributed by atoms with Crippen LogP contribution in [0.25, 0.3) is 0 Å². The molecule has 0 spiro atoms. The number of amides is 1. The summed E-state index contributed by atoms with van der Waals surface area (Å²) in [5.74, 6) is 0.563. The molecule has 0 aromatic carbocycles. The highest BCUT2D eigenvalue weighted by molar-refractivity contribution is 5.80. The van der Waals surface area contributed by atoms with Gasteiger partial charge in [0.15, 0.2) is 0 Å². The van der Waals surface area contributed by atoms with Gasteiger partial charge in [0.05, 0.1) is 24.9 Å². The smallest absolute Gasteiger partial charge is 0.239 e. The Kier molecular flexibility index (Phi) is 5.13. The summed E-state index contributed by atoms with van der Waals surface area (Å²) in [4.78, 5) is 18.6. The molecule has 0 aliphatic carbocycles. The number of hydrogen-bond acceptors (Lipinski definition) is 5. The summed E-state index contributed by atoms with van der Waals surface area (Å²) in [7, 11) is 0. The number of fused-ring (bicyclic) bond motifs is 1. The lowest BCUT2D eigenvalue weighted by atomic mass is 10.0. The Morgan fingerprint density at radius 3 is 3.09 bits per heavy atom. The van der Waals surface area contributed by atoms with Crippen LogP contribution in [0.4, 0.5) is 5.69 Å². The quantitative estimate of drug-likeness (QED) is 0.851. The van der Waals surface area contributed by atoms with Crippen LogP contribution in [0.3, 0.4) is 0 Å². The molecular formula is C17H26N4O2. The van der Waals surface area contributed by atoms with Gasteiger partial charge in [0.25, 0.3) is 0 Å². The van der Waals surface area contributed by atoms with Crippen molar-refractivity contribution < 1.29 is 9.53 Å². The van der Waals surface area contributed by atoms with E-state index in [2.05, 4.69) is 34.4 Å². The Hall–Kier alpha value is -1.66. The van der Waals surface area contributed by atoms with Gasteiger partial charge in [-0.15, -0.1) is 0 Å². The van der Waals surface area contributed by atoms with Crippen LogP contribution in [-0.4, -0.2) is 60.2 Å². The van der Waals surface area contributed by atoms with Crippen LogP contribution < -0.4 is 10.6 Å². The first kappa shape index (κ1) is 16.2. The van der Waals surface area contributed by atoms with Crippen molar-refractivity contribution in [1.82, 2.24) is 15.2 Å². The number of morpholine rings is 1. The molecule has 2 aliphatic rings. The largest absolute Gasteiger partial charge is 0.375 e. The third-order valence-corrected chi connectivity index (χ3v) is 4.67. The van der Waals surface area contributed by atoms with Crippen molar-refractivity contribution >= 4 is 11.6 Å². The van der Waals surface area contributed by atoms with Crippen LogP contribution in [0, 0.1) is 5.92 Å². The Balaban J connectivity index is 1.44. The van der Waals surface area contributed by atoms with Crippen LogP contribution >= 0.6 is 0 Å². The normalized spacial score (nSPS) is 27.7. The van der Waals surface area contributed by atoms with Crippen LogP contribution in [0.2, 0.25) is 0 Å². The predicted molar refractivity (Wildman–Crippen MR) is 89.2 cm³/mol. The second-order valence-electron chi connectivity index (χ2n) is 6.82. The molecule has 6 heteroatoms. The fourth-order valence-electron chi connectivity index (χ4n) is 3.34. The maximum Gasteiger partial charge on any atom is 0.239 e. The Bertz CT molecular complexity index is 523. The van der Waals surface area contributed by atoms with Gasteiger partial charge in [0.1, 0.15) is 0 Å². The molecule has 126 valence electrons. The SMILES string of the molecule is CC(C)[C@@H]1CN2C[C@H](NC(=O)CNc3cccnc3)C[C@H]2CO1. The van der Waals surface area contributed by atoms with Crippen molar-refractivity contribution in [1.29, 1.82) is 0 Å². The van der Waals surface area contributed by atoms with E-state index in [0.29, 0.717) is 18.1 Å². The first-order valence-electron chi connectivity index (χ1n) is 8.40. The second kappa shape index (κ2) is 7.27. The molecule has 1 amide bonds. The van der Waals surface area contributed by atoms with Gasteiger partial charge in [-0.25, -0.2) is 0 Å². The van der Waals surface area contributed by atoms with E-state index in [1.807, 2.05) is 12.1 Å². The molecule has 3 heterocycles. The molecule has 2 N–H and O–H groups in total. The standard InChI is InChI=1S/C17H26N4O2/c1-12(2)16-10-21-9-14(6-15(21)11-23-16)20-17(22)8-19-13-4-3-5-18-7-13/h3-5,7,12,14-16,19H,6,8-11H2,1-2H3,(H,20,22)/t14-,15+,16+/m1/s1. The van der Waals surface area contributed by atoms with Gasteiger partial charge in [-0.1, -0.05) is 13.8 Å². The number of ether oxygens (including phenoxy) is 1. The minimum absolute atomic E-state index is 0.0278. The number of aromatic nitrogens is 1. The van der Waals surface area contributed by atoms with Crippen molar-refractivity contribution in [3.8, 4) is 0 Å². The summed E-state index contributed by atoms with van der Waals surface area (Å²) in [5, 5.41) is 6.22. The summed E-state index contributed by atoms with van der Waals surface area (Å²) in [6.07, 6.45) is 4.72. The third kappa shape index (κ3) is 4.20. The average Bonchev–Trinajstić information content (AvgIpc) is 2.95. The van der Waals surface area contributed by atoms with Gasteiger partial charge in [-0.3, -0.25) is 14.7 Å². The third-order valence-electron chi connectivity index (χ3n) is 4.67. The number of nitrogens with zero attached hydrogens (tertiary/aromatic N) is 2. The predicted octanol–water partition coefficient (Wildman–Crippen LogP) is 1.11.